The summed E-state index contributed by atoms with van der Waals surface area (Å²) in [7, 11) is 3.13. The Morgan fingerprint density at radius 2 is 1.47 bits per heavy atom. The van der Waals surface area contributed by atoms with Crippen LogP contribution in [0.2, 0.25) is 5.02 Å². The lowest BCUT2D eigenvalue weighted by molar-refractivity contribution is 0.0746. The maximum absolute atomic E-state index is 12.8. The molecule has 0 saturated carbocycles. The summed E-state index contributed by atoms with van der Waals surface area (Å²) in [4.78, 5) is 29.4. The predicted octanol–water partition coefficient (Wildman–Crippen LogP) is 4.57. The predicted molar refractivity (Wildman–Crippen MR) is 134 cm³/mol. The Kier molecular flexibility index (Phi) is 7.23. The third-order valence-electron chi connectivity index (χ3n) is 5.81. The zero-order valence-electron chi connectivity index (χ0n) is 19.1. The van der Waals surface area contributed by atoms with E-state index in [0.717, 1.165) is 24.5 Å². The molecule has 0 unspecified atom stereocenters. The first-order chi connectivity index (χ1) is 16.5. The van der Waals surface area contributed by atoms with Crippen LogP contribution in [0.4, 0.5) is 11.4 Å². The monoisotopic (exact) mass is 479 g/mol. The molecule has 34 heavy (non-hydrogen) atoms. The van der Waals surface area contributed by atoms with E-state index in [1.807, 2.05) is 29.2 Å². The second-order valence-electron chi connectivity index (χ2n) is 7.86. The molecule has 1 aliphatic heterocycles. The van der Waals surface area contributed by atoms with E-state index in [1.165, 1.54) is 7.11 Å². The first kappa shape index (κ1) is 23.4. The number of benzene rings is 3. The lowest BCUT2D eigenvalue weighted by Gasteiger charge is -2.36. The van der Waals surface area contributed by atoms with Gasteiger partial charge in [-0.2, -0.15) is 0 Å². The highest BCUT2D eigenvalue weighted by Gasteiger charge is 2.22. The Bertz CT molecular complexity index is 1160. The summed E-state index contributed by atoms with van der Waals surface area (Å²) in [6.07, 6.45) is 0. The van der Waals surface area contributed by atoms with Gasteiger partial charge in [0.15, 0.2) is 0 Å². The van der Waals surface area contributed by atoms with Gasteiger partial charge in [0.2, 0.25) is 0 Å². The lowest BCUT2D eigenvalue weighted by Crippen LogP contribution is -2.48. The van der Waals surface area contributed by atoms with Gasteiger partial charge in [0.1, 0.15) is 11.5 Å². The average molecular weight is 480 g/mol. The minimum atomic E-state index is -0.247. The van der Waals surface area contributed by atoms with Gasteiger partial charge in [-0.1, -0.05) is 11.6 Å². The van der Waals surface area contributed by atoms with Crippen molar-refractivity contribution in [2.75, 3.05) is 50.6 Å². The molecule has 0 aromatic heterocycles. The molecule has 0 aliphatic carbocycles. The zero-order chi connectivity index (χ0) is 24.1. The SMILES string of the molecule is COc1ccc(C(=O)N2CCN(c3ccc(NC(=O)c4ccc(OC)c(Cl)c4)cc3)CC2)cc1. The molecule has 0 radical (unpaired) electrons. The molecule has 0 atom stereocenters. The van der Waals surface area contributed by atoms with Crippen LogP contribution in [0.1, 0.15) is 20.7 Å². The van der Waals surface area contributed by atoms with E-state index in [9.17, 15) is 9.59 Å². The van der Waals surface area contributed by atoms with Gasteiger partial charge in [0.05, 0.1) is 19.2 Å². The Balaban J connectivity index is 1.32. The number of hydrogen-bond donors (Lipinski definition) is 1. The number of piperazine rings is 1. The van der Waals surface area contributed by atoms with Crippen molar-refractivity contribution in [2.45, 2.75) is 0 Å². The number of ether oxygens (including phenoxy) is 2. The standard InChI is InChI=1S/C26H26ClN3O4/c1-33-22-10-3-18(4-11-22)26(32)30-15-13-29(14-16-30)21-8-6-20(7-9-21)28-25(31)19-5-12-24(34-2)23(27)17-19/h3-12,17H,13-16H2,1-2H3,(H,28,31). The van der Waals surface area contributed by atoms with Crippen molar-refractivity contribution in [1.82, 2.24) is 4.90 Å². The van der Waals surface area contributed by atoms with Crippen molar-refractivity contribution < 1.29 is 19.1 Å². The van der Waals surface area contributed by atoms with E-state index < -0.39 is 0 Å². The molecule has 8 heteroatoms. The van der Waals surface area contributed by atoms with Crippen molar-refractivity contribution in [3.8, 4) is 11.5 Å². The summed E-state index contributed by atoms with van der Waals surface area (Å²) < 4.78 is 10.3. The molecule has 4 rings (SSSR count). The summed E-state index contributed by atoms with van der Waals surface area (Å²) in [6.45, 7) is 2.75. The van der Waals surface area contributed by atoms with E-state index in [-0.39, 0.29) is 11.8 Å². The highest BCUT2D eigenvalue weighted by molar-refractivity contribution is 6.32. The number of carbonyl (C=O) groups excluding carboxylic acids is 2. The molecule has 176 valence electrons. The first-order valence-electron chi connectivity index (χ1n) is 10.9. The van der Waals surface area contributed by atoms with Crippen LogP contribution in [-0.2, 0) is 0 Å². The summed E-state index contributed by atoms with van der Waals surface area (Å²) in [5.41, 5.74) is 2.84. The van der Waals surface area contributed by atoms with Gasteiger partial charge in [0, 0.05) is 48.7 Å². The van der Waals surface area contributed by atoms with Crippen LogP contribution < -0.4 is 19.7 Å². The van der Waals surface area contributed by atoms with Gasteiger partial charge in [-0.25, -0.2) is 0 Å². The number of halogens is 1. The summed E-state index contributed by atoms with van der Waals surface area (Å²) in [5, 5.41) is 3.27. The van der Waals surface area contributed by atoms with Gasteiger partial charge in [-0.05, 0) is 66.7 Å². The Morgan fingerprint density at radius 3 is 2.06 bits per heavy atom. The Morgan fingerprint density at radius 1 is 0.824 bits per heavy atom. The Labute approximate surface area is 203 Å². The number of nitrogens with one attached hydrogen (secondary N) is 1. The fourth-order valence-electron chi connectivity index (χ4n) is 3.85. The Hall–Kier alpha value is -3.71. The molecule has 1 fully saturated rings. The molecule has 1 saturated heterocycles. The highest BCUT2D eigenvalue weighted by atomic mass is 35.5. The first-order valence-corrected chi connectivity index (χ1v) is 11.3. The molecule has 7 nitrogen and oxygen atoms in total. The van der Waals surface area contributed by atoms with Gasteiger partial charge < -0.3 is 24.6 Å². The summed E-state index contributed by atoms with van der Waals surface area (Å²) in [5.74, 6) is 1.03. The third-order valence-corrected chi connectivity index (χ3v) is 6.10. The highest BCUT2D eigenvalue weighted by Crippen LogP contribution is 2.26. The molecule has 3 aromatic carbocycles. The molecule has 3 aromatic rings. The fourth-order valence-corrected chi connectivity index (χ4v) is 4.11. The molecule has 1 N–H and O–H groups in total. The fraction of sp³-hybridized carbons (Fsp3) is 0.231. The number of carbonyl (C=O) groups is 2. The minimum Gasteiger partial charge on any atom is -0.497 e. The van der Waals surface area contributed by atoms with Crippen LogP contribution in [0.15, 0.2) is 66.7 Å². The quantitative estimate of drug-likeness (QED) is 0.560. The second kappa shape index (κ2) is 10.5. The van der Waals surface area contributed by atoms with E-state index in [1.54, 1.807) is 49.6 Å². The van der Waals surface area contributed by atoms with Crippen LogP contribution in [-0.4, -0.2) is 57.1 Å². The smallest absolute Gasteiger partial charge is 0.255 e. The number of anilines is 2. The molecule has 0 bridgehead atoms. The van der Waals surface area contributed by atoms with Crippen molar-refractivity contribution in [2.24, 2.45) is 0 Å². The van der Waals surface area contributed by atoms with Crippen LogP contribution in [0.25, 0.3) is 0 Å². The third kappa shape index (κ3) is 5.26. The minimum absolute atomic E-state index is 0.0269. The van der Waals surface area contributed by atoms with Crippen LogP contribution in [0, 0.1) is 0 Å². The normalized spacial score (nSPS) is 13.4. The number of hydrogen-bond acceptors (Lipinski definition) is 5. The van der Waals surface area contributed by atoms with Gasteiger partial charge in [0.25, 0.3) is 11.8 Å². The lowest BCUT2D eigenvalue weighted by atomic mass is 10.1. The maximum Gasteiger partial charge on any atom is 0.255 e. The number of amides is 2. The molecular weight excluding hydrogens is 454 g/mol. The molecule has 2 amide bonds. The largest absolute Gasteiger partial charge is 0.497 e. The van der Waals surface area contributed by atoms with Gasteiger partial charge in [-0.15, -0.1) is 0 Å². The van der Waals surface area contributed by atoms with Crippen LogP contribution in [0.3, 0.4) is 0 Å². The van der Waals surface area contributed by atoms with Crippen molar-refractivity contribution in [3.63, 3.8) is 0 Å². The van der Waals surface area contributed by atoms with Crippen molar-refractivity contribution >= 4 is 34.8 Å². The van der Waals surface area contributed by atoms with Crippen molar-refractivity contribution in [1.29, 1.82) is 0 Å². The maximum atomic E-state index is 12.8. The zero-order valence-corrected chi connectivity index (χ0v) is 19.8. The van der Waals surface area contributed by atoms with E-state index >= 15 is 0 Å². The molecule has 0 spiro atoms. The van der Waals surface area contributed by atoms with Crippen molar-refractivity contribution in [3.05, 3.63) is 82.9 Å². The van der Waals surface area contributed by atoms with Gasteiger partial charge >= 0.3 is 0 Å². The number of nitrogens with zero attached hydrogens (tertiary/aromatic N) is 2. The molecular formula is C26H26ClN3O4. The van der Waals surface area contributed by atoms with E-state index in [0.29, 0.717) is 40.7 Å². The van der Waals surface area contributed by atoms with Crippen LogP contribution in [0.5, 0.6) is 11.5 Å². The second-order valence-corrected chi connectivity index (χ2v) is 8.27. The van der Waals surface area contributed by atoms with Gasteiger partial charge in [-0.3, -0.25) is 9.59 Å². The number of rotatable bonds is 6. The molecule has 1 aliphatic rings. The van der Waals surface area contributed by atoms with Crippen LogP contribution >= 0.6 is 11.6 Å². The topological polar surface area (TPSA) is 71.1 Å². The summed E-state index contributed by atoms with van der Waals surface area (Å²) >= 11 is 6.12. The van der Waals surface area contributed by atoms with E-state index in [4.69, 9.17) is 21.1 Å². The molecule has 1 heterocycles. The van der Waals surface area contributed by atoms with E-state index in [2.05, 4.69) is 10.2 Å². The average Bonchev–Trinajstić information content (AvgIpc) is 2.89. The summed E-state index contributed by atoms with van der Waals surface area (Å²) in [6, 6.07) is 19.8. The number of methoxy groups -OCH3 is 2.